The number of carbonyl (C=O) groups is 1. The van der Waals surface area contributed by atoms with Crippen molar-refractivity contribution >= 4 is 5.97 Å². The van der Waals surface area contributed by atoms with Crippen molar-refractivity contribution in [2.45, 2.75) is 19.8 Å². The molecular formula is C6H13NO4. The summed E-state index contributed by atoms with van der Waals surface area (Å²) in [6.45, 7) is 1.60. The van der Waals surface area contributed by atoms with Gasteiger partial charge in [0.2, 0.25) is 0 Å². The van der Waals surface area contributed by atoms with Gasteiger partial charge in [-0.15, -0.1) is 0 Å². The minimum absolute atomic E-state index is 0.0888. The van der Waals surface area contributed by atoms with Crippen LogP contribution in [0, 0.1) is 5.92 Å². The highest BCUT2D eigenvalue weighted by Gasteiger charge is 2.18. The van der Waals surface area contributed by atoms with Crippen molar-refractivity contribution in [1.82, 2.24) is 5.23 Å². The molecule has 0 aliphatic rings. The molecule has 0 heterocycles. The van der Waals surface area contributed by atoms with Crippen molar-refractivity contribution in [1.29, 1.82) is 0 Å². The highest BCUT2D eigenvalue weighted by molar-refractivity contribution is 5.70. The Labute approximate surface area is 64.8 Å². The molecule has 11 heavy (non-hydrogen) atoms. The fourth-order valence-corrected chi connectivity index (χ4v) is 0.838. The minimum atomic E-state index is -1.00. The van der Waals surface area contributed by atoms with Gasteiger partial charge in [0.25, 0.3) is 0 Å². The third-order valence-electron chi connectivity index (χ3n) is 1.37. The van der Waals surface area contributed by atoms with Crippen LogP contribution in [0.4, 0.5) is 0 Å². The van der Waals surface area contributed by atoms with Crippen molar-refractivity contribution in [3.8, 4) is 0 Å². The standard InChI is InChI=1S/C6H13NO4/c1-2-3-5(6(8)9)4-7(10)11/h5,10-11H,2-4H2,1H3,(H,8,9). The highest BCUT2D eigenvalue weighted by Crippen LogP contribution is 2.06. The second kappa shape index (κ2) is 5.06. The van der Waals surface area contributed by atoms with Crippen LogP contribution in [-0.2, 0) is 4.79 Å². The lowest BCUT2D eigenvalue weighted by atomic mass is 10.0. The van der Waals surface area contributed by atoms with Gasteiger partial charge in [-0.3, -0.25) is 15.2 Å². The van der Waals surface area contributed by atoms with E-state index in [4.69, 9.17) is 15.5 Å². The van der Waals surface area contributed by atoms with Crippen LogP contribution in [0.15, 0.2) is 0 Å². The summed E-state index contributed by atoms with van der Waals surface area (Å²) in [7, 11) is 0. The zero-order valence-corrected chi connectivity index (χ0v) is 6.40. The van der Waals surface area contributed by atoms with Gasteiger partial charge in [-0.25, -0.2) is 0 Å². The van der Waals surface area contributed by atoms with Crippen LogP contribution >= 0.6 is 0 Å². The molecule has 0 saturated carbocycles. The molecule has 0 aromatic heterocycles. The molecule has 0 aliphatic heterocycles. The number of hydrogen-bond donors (Lipinski definition) is 3. The predicted molar refractivity (Wildman–Crippen MR) is 36.3 cm³/mol. The molecule has 0 spiro atoms. The lowest BCUT2D eigenvalue weighted by Gasteiger charge is -2.12. The lowest BCUT2D eigenvalue weighted by molar-refractivity contribution is -0.311. The van der Waals surface area contributed by atoms with E-state index in [1.54, 1.807) is 0 Å². The van der Waals surface area contributed by atoms with E-state index in [2.05, 4.69) is 0 Å². The summed E-state index contributed by atoms with van der Waals surface area (Å²) in [5.41, 5.74) is 0. The quantitative estimate of drug-likeness (QED) is 0.516. The summed E-state index contributed by atoms with van der Waals surface area (Å²) in [4.78, 5) is 10.4. The smallest absolute Gasteiger partial charge is 0.307 e. The first-order chi connectivity index (χ1) is 5.07. The van der Waals surface area contributed by atoms with Gasteiger partial charge in [-0.05, 0) is 6.42 Å². The number of carboxylic acid groups (broad SMARTS) is 1. The minimum Gasteiger partial charge on any atom is -0.481 e. The van der Waals surface area contributed by atoms with E-state index >= 15 is 0 Å². The fourth-order valence-electron chi connectivity index (χ4n) is 0.838. The number of nitrogens with zero attached hydrogens (tertiary/aromatic N) is 1. The van der Waals surface area contributed by atoms with Crippen molar-refractivity contribution in [2.24, 2.45) is 5.92 Å². The van der Waals surface area contributed by atoms with Crippen LogP contribution in [0.2, 0.25) is 0 Å². The maximum Gasteiger partial charge on any atom is 0.307 e. The summed E-state index contributed by atoms with van der Waals surface area (Å²) in [5, 5.41) is 25.1. The second-order valence-corrected chi connectivity index (χ2v) is 2.38. The third-order valence-corrected chi connectivity index (χ3v) is 1.37. The van der Waals surface area contributed by atoms with Gasteiger partial charge in [0.15, 0.2) is 0 Å². The molecule has 1 atom stereocenters. The Hall–Kier alpha value is -0.650. The number of aliphatic carboxylic acids is 1. The Morgan fingerprint density at radius 2 is 2.09 bits per heavy atom. The number of rotatable bonds is 5. The first kappa shape index (κ1) is 10.3. The van der Waals surface area contributed by atoms with E-state index in [9.17, 15) is 4.79 Å². The van der Waals surface area contributed by atoms with Crippen molar-refractivity contribution in [3.63, 3.8) is 0 Å². The maximum atomic E-state index is 10.4. The van der Waals surface area contributed by atoms with Gasteiger partial charge in [-0.2, -0.15) is 0 Å². The number of hydrogen-bond acceptors (Lipinski definition) is 4. The molecule has 0 rings (SSSR count). The van der Waals surface area contributed by atoms with E-state index in [1.807, 2.05) is 6.92 Å². The first-order valence-electron chi connectivity index (χ1n) is 3.46. The third kappa shape index (κ3) is 4.72. The fraction of sp³-hybridized carbons (Fsp3) is 0.833. The van der Waals surface area contributed by atoms with Crippen LogP contribution in [0.3, 0.4) is 0 Å². The molecule has 1 unspecified atom stereocenters. The Kier molecular flexibility index (Phi) is 4.76. The van der Waals surface area contributed by atoms with Gasteiger partial charge in [-0.1, -0.05) is 18.6 Å². The van der Waals surface area contributed by atoms with Gasteiger partial charge in [0.05, 0.1) is 12.5 Å². The van der Waals surface area contributed by atoms with Crippen LogP contribution in [0.5, 0.6) is 0 Å². The van der Waals surface area contributed by atoms with Crippen molar-refractivity contribution in [3.05, 3.63) is 0 Å². The SMILES string of the molecule is CCCC(CN(O)O)C(=O)O. The highest BCUT2D eigenvalue weighted by atomic mass is 16.8. The van der Waals surface area contributed by atoms with Crippen LogP contribution in [0.1, 0.15) is 19.8 Å². The van der Waals surface area contributed by atoms with Gasteiger partial charge >= 0.3 is 5.97 Å². The second-order valence-electron chi connectivity index (χ2n) is 2.38. The van der Waals surface area contributed by atoms with E-state index in [0.29, 0.717) is 12.8 Å². The molecule has 0 bridgehead atoms. The van der Waals surface area contributed by atoms with E-state index in [-0.39, 0.29) is 11.8 Å². The molecule has 0 saturated heterocycles. The molecule has 3 N–H and O–H groups in total. The monoisotopic (exact) mass is 163 g/mol. The molecule has 0 aromatic rings. The lowest BCUT2D eigenvalue weighted by Crippen LogP contribution is -2.28. The van der Waals surface area contributed by atoms with Crippen molar-refractivity contribution < 1.29 is 20.3 Å². The zero-order chi connectivity index (χ0) is 8.85. The topological polar surface area (TPSA) is 81.0 Å². The summed E-state index contributed by atoms with van der Waals surface area (Å²) in [6, 6.07) is 0. The van der Waals surface area contributed by atoms with Crippen LogP contribution < -0.4 is 0 Å². The summed E-state index contributed by atoms with van der Waals surface area (Å²) < 4.78 is 0. The number of hydroxylamine groups is 2. The maximum absolute atomic E-state index is 10.4. The molecule has 0 aromatic carbocycles. The number of carboxylic acids is 1. The van der Waals surface area contributed by atoms with Gasteiger partial charge in [0, 0.05) is 0 Å². The average molecular weight is 163 g/mol. The Morgan fingerprint density at radius 3 is 2.36 bits per heavy atom. The molecular weight excluding hydrogens is 150 g/mol. The Balaban J connectivity index is 3.79. The largest absolute Gasteiger partial charge is 0.481 e. The van der Waals surface area contributed by atoms with E-state index in [0.717, 1.165) is 0 Å². The van der Waals surface area contributed by atoms with E-state index < -0.39 is 11.9 Å². The normalized spacial score (nSPS) is 13.5. The molecule has 0 amide bonds. The Morgan fingerprint density at radius 1 is 1.55 bits per heavy atom. The summed E-state index contributed by atoms with van der Waals surface area (Å²) in [6.07, 6.45) is 1.16. The Bertz CT molecular complexity index is 126. The van der Waals surface area contributed by atoms with E-state index in [1.165, 1.54) is 0 Å². The van der Waals surface area contributed by atoms with Crippen LogP contribution in [-0.4, -0.2) is 33.3 Å². The zero-order valence-electron chi connectivity index (χ0n) is 6.40. The van der Waals surface area contributed by atoms with Crippen molar-refractivity contribution in [2.75, 3.05) is 6.54 Å². The van der Waals surface area contributed by atoms with Gasteiger partial charge < -0.3 is 5.11 Å². The summed E-state index contributed by atoms with van der Waals surface area (Å²) >= 11 is 0. The molecule has 0 radical (unpaired) electrons. The molecule has 0 fully saturated rings. The molecule has 0 aliphatic carbocycles. The molecule has 5 heteroatoms. The summed E-state index contributed by atoms with van der Waals surface area (Å²) in [5.74, 6) is -1.70. The van der Waals surface area contributed by atoms with Gasteiger partial charge in [0.1, 0.15) is 0 Å². The molecule has 5 nitrogen and oxygen atoms in total. The average Bonchev–Trinajstić information content (AvgIpc) is 1.86. The first-order valence-corrected chi connectivity index (χ1v) is 3.46. The predicted octanol–water partition coefficient (Wildman–Crippen LogP) is 0.568. The molecule has 66 valence electrons. The van der Waals surface area contributed by atoms with Crippen LogP contribution in [0.25, 0.3) is 0 Å².